The van der Waals surface area contributed by atoms with Crippen molar-refractivity contribution in [1.82, 2.24) is 0 Å². The summed E-state index contributed by atoms with van der Waals surface area (Å²) >= 11 is 8.46. The summed E-state index contributed by atoms with van der Waals surface area (Å²) in [6.45, 7) is 4.29. The van der Waals surface area contributed by atoms with Crippen LogP contribution in [-0.2, 0) is 0 Å². The number of para-hydroxylation sites is 1. The molecule has 0 saturated carbocycles. The number of ether oxygens (including phenoxy) is 1. The molecule has 0 fully saturated rings. The van der Waals surface area contributed by atoms with E-state index in [1.165, 1.54) is 5.56 Å². The lowest BCUT2D eigenvalue weighted by molar-refractivity contribution is 0.470. The van der Waals surface area contributed by atoms with Gasteiger partial charge < -0.3 is 10.5 Å². The molecule has 0 saturated heterocycles. The molecule has 0 atom stereocenters. The van der Waals surface area contributed by atoms with E-state index in [-0.39, 0.29) is 0 Å². The molecular formula is C16H16BrNOS. The minimum Gasteiger partial charge on any atom is -0.456 e. The van der Waals surface area contributed by atoms with Crippen molar-refractivity contribution >= 4 is 33.1 Å². The van der Waals surface area contributed by atoms with Crippen molar-refractivity contribution in [2.45, 2.75) is 19.8 Å². The van der Waals surface area contributed by atoms with Crippen LogP contribution in [0.5, 0.6) is 11.5 Å². The molecule has 0 aliphatic heterocycles. The maximum absolute atomic E-state index is 6.01. The zero-order valence-corrected chi connectivity index (χ0v) is 13.8. The summed E-state index contributed by atoms with van der Waals surface area (Å²) in [7, 11) is 0. The summed E-state index contributed by atoms with van der Waals surface area (Å²) in [5.74, 6) is 2.02. The van der Waals surface area contributed by atoms with Crippen molar-refractivity contribution < 1.29 is 4.74 Å². The van der Waals surface area contributed by atoms with Gasteiger partial charge in [-0.05, 0) is 51.7 Å². The summed E-state index contributed by atoms with van der Waals surface area (Å²) in [4.78, 5) is 0.375. The van der Waals surface area contributed by atoms with Gasteiger partial charge in [0.1, 0.15) is 16.5 Å². The largest absolute Gasteiger partial charge is 0.456 e. The fourth-order valence-corrected chi connectivity index (χ4v) is 2.49. The van der Waals surface area contributed by atoms with E-state index in [0.717, 1.165) is 21.5 Å². The molecule has 0 unspecified atom stereocenters. The van der Waals surface area contributed by atoms with E-state index < -0.39 is 0 Å². The van der Waals surface area contributed by atoms with E-state index in [1.54, 1.807) is 0 Å². The first-order chi connectivity index (χ1) is 9.49. The fraction of sp³-hybridized carbons (Fsp3) is 0.188. The normalized spacial score (nSPS) is 10.6. The van der Waals surface area contributed by atoms with Crippen LogP contribution in [0.3, 0.4) is 0 Å². The first-order valence-electron chi connectivity index (χ1n) is 6.35. The Bertz CT molecular complexity index is 640. The van der Waals surface area contributed by atoms with Crippen molar-refractivity contribution in [3.05, 3.63) is 58.1 Å². The minimum absolute atomic E-state index is 0.375. The summed E-state index contributed by atoms with van der Waals surface area (Å²) in [6, 6.07) is 13.7. The van der Waals surface area contributed by atoms with Gasteiger partial charge >= 0.3 is 0 Å². The van der Waals surface area contributed by atoms with Crippen LogP contribution in [0.1, 0.15) is 30.9 Å². The summed E-state index contributed by atoms with van der Waals surface area (Å²) in [5.41, 5.74) is 7.61. The van der Waals surface area contributed by atoms with Crippen molar-refractivity contribution in [2.24, 2.45) is 5.73 Å². The predicted octanol–water partition coefficient (Wildman–Crippen LogP) is 5.00. The lowest BCUT2D eigenvalue weighted by Gasteiger charge is -2.14. The smallest absolute Gasteiger partial charge is 0.141 e. The van der Waals surface area contributed by atoms with Gasteiger partial charge in [-0.1, -0.05) is 44.3 Å². The standard InChI is InChI=1S/C16H16BrNOS/c1-10(2)12-5-3-4-6-14(12)19-15-8-7-11(16(18)20)9-13(15)17/h3-10H,1-2H3,(H2,18,20). The molecule has 0 bridgehead atoms. The van der Waals surface area contributed by atoms with Crippen LogP contribution in [-0.4, -0.2) is 4.99 Å². The Morgan fingerprint density at radius 1 is 1.15 bits per heavy atom. The maximum atomic E-state index is 6.01. The molecule has 0 aliphatic carbocycles. The van der Waals surface area contributed by atoms with E-state index in [0.29, 0.717) is 10.9 Å². The first kappa shape index (κ1) is 15.0. The second-order valence-corrected chi connectivity index (χ2v) is 6.10. The van der Waals surface area contributed by atoms with Crippen LogP contribution < -0.4 is 10.5 Å². The number of rotatable bonds is 4. The molecule has 2 nitrogen and oxygen atoms in total. The highest BCUT2D eigenvalue weighted by Gasteiger charge is 2.10. The third kappa shape index (κ3) is 3.38. The molecule has 0 radical (unpaired) electrons. The summed E-state index contributed by atoms with van der Waals surface area (Å²) in [6.07, 6.45) is 0. The van der Waals surface area contributed by atoms with Crippen LogP contribution in [0.25, 0.3) is 0 Å². The Morgan fingerprint density at radius 2 is 1.85 bits per heavy atom. The second kappa shape index (κ2) is 6.37. The lowest BCUT2D eigenvalue weighted by atomic mass is 10.0. The summed E-state index contributed by atoms with van der Waals surface area (Å²) in [5, 5.41) is 0. The van der Waals surface area contributed by atoms with Gasteiger partial charge in [0.25, 0.3) is 0 Å². The van der Waals surface area contributed by atoms with Crippen molar-refractivity contribution in [3.8, 4) is 11.5 Å². The molecule has 2 rings (SSSR count). The maximum Gasteiger partial charge on any atom is 0.141 e. The zero-order valence-electron chi connectivity index (χ0n) is 11.4. The fourth-order valence-electron chi connectivity index (χ4n) is 1.91. The molecule has 2 N–H and O–H groups in total. The lowest BCUT2D eigenvalue weighted by Crippen LogP contribution is -2.09. The number of halogens is 1. The highest BCUT2D eigenvalue weighted by molar-refractivity contribution is 9.10. The van der Waals surface area contributed by atoms with Crippen LogP contribution in [0.15, 0.2) is 46.9 Å². The molecule has 4 heteroatoms. The first-order valence-corrected chi connectivity index (χ1v) is 7.55. The van der Waals surface area contributed by atoms with Crippen molar-refractivity contribution in [1.29, 1.82) is 0 Å². The monoisotopic (exact) mass is 349 g/mol. The number of hydrogen-bond donors (Lipinski definition) is 1. The third-order valence-electron chi connectivity index (χ3n) is 2.98. The van der Waals surface area contributed by atoms with Gasteiger partial charge in [-0.2, -0.15) is 0 Å². The van der Waals surface area contributed by atoms with E-state index in [4.69, 9.17) is 22.7 Å². The second-order valence-electron chi connectivity index (χ2n) is 4.80. The molecule has 0 aliphatic rings. The number of thiocarbonyl (C=S) groups is 1. The van der Waals surface area contributed by atoms with E-state index in [2.05, 4.69) is 35.8 Å². The molecule has 20 heavy (non-hydrogen) atoms. The van der Waals surface area contributed by atoms with Gasteiger partial charge in [0, 0.05) is 5.56 Å². The van der Waals surface area contributed by atoms with Crippen molar-refractivity contribution in [3.63, 3.8) is 0 Å². The van der Waals surface area contributed by atoms with Crippen LogP contribution in [0, 0.1) is 0 Å². The van der Waals surface area contributed by atoms with Crippen LogP contribution in [0.4, 0.5) is 0 Å². The number of nitrogens with two attached hydrogens (primary N) is 1. The van der Waals surface area contributed by atoms with E-state index in [1.807, 2.05) is 36.4 Å². The topological polar surface area (TPSA) is 35.2 Å². The highest BCUT2D eigenvalue weighted by atomic mass is 79.9. The molecule has 2 aromatic rings. The van der Waals surface area contributed by atoms with Gasteiger partial charge in [-0.3, -0.25) is 0 Å². The molecule has 0 spiro atoms. The minimum atomic E-state index is 0.375. The van der Waals surface area contributed by atoms with Gasteiger partial charge in [0.15, 0.2) is 0 Å². The third-order valence-corrected chi connectivity index (χ3v) is 3.83. The number of hydrogen-bond acceptors (Lipinski definition) is 2. The molecule has 104 valence electrons. The van der Waals surface area contributed by atoms with Gasteiger partial charge in [-0.15, -0.1) is 0 Å². The summed E-state index contributed by atoms with van der Waals surface area (Å²) < 4.78 is 6.84. The van der Waals surface area contributed by atoms with Gasteiger partial charge in [0.2, 0.25) is 0 Å². The molecular weight excluding hydrogens is 334 g/mol. The Hall–Kier alpha value is -1.39. The van der Waals surface area contributed by atoms with Crippen LogP contribution in [0.2, 0.25) is 0 Å². The Balaban J connectivity index is 2.33. The molecule has 0 aromatic heterocycles. The van der Waals surface area contributed by atoms with Gasteiger partial charge in [0.05, 0.1) is 4.47 Å². The van der Waals surface area contributed by atoms with E-state index in [9.17, 15) is 0 Å². The number of benzene rings is 2. The Labute approximate surface area is 133 Å². The highest BCUT2D eigenvalue weighted by Crippen LogP contribution is 2.34. The molecule has 0 heterocycles. The van der Waals surface area contributed by atoms with E-state index >= 15 is 0 Å². The van der Waals surface area contributed by atoms with Gasteiger partial charge in [-0.25, -0.2) is 0 Å². The molecule has 0 amide bonds. The average molecular weight is 350 g/mol. The van der Waals surface area contributed by atoms with Crippen LogP contribution >= 0.6 is 28.1 Å². The Morgan fingerprint density at radius 3 is 2.45 bits per heavy atom. The average Bonchev–Trinajstić information content (AvgIpc) is 2.41. The van der Waals surface area contributed by atoms with Crippen molar-refractivity contribution in [2.75, 3.05) is 0 Å². The molecule has 2 aromatic carbocycles. The quantitative estimate of drug-likeness (QED) is 0.788. The predicted molar refractivity (Wildman–Crippen MR) is 90.6 cm³/mol. The Kier molecular flexibility index (Phi) is 4.78. The zero-order chi connectivity index (χ0) is 14.7. The SMILES string of the molecule is CC(C)c1ccccc1Oc1ccc(C(N)=S)cc1Br.